The number of hydrogen-bond donors (Lipinski definition) is 0. The van der Waals surface area contributed by atoms with Crippen molar-refractivity contribution in [3.8, 4) is 0 Å². The molecule has 1 amide bonds. The van der Waals surface area contributed by atoms with Crippen molar-refractivity contribution in [1.82, 2.24) is 4.90 Å². The molecule has 4 heteroatoms. The minimum atomic E-state index is -0.262. The molecule has 0 radical (unpaired) electrons. The number of amides is 1. The molecule has 0 spiro atoms. The third kappa shape index (κ3) is 6.13. The van der Waals surface area contributed by atoms with E-state index in [1.807, 2.05) is 0 Å². The van der Waals surface area contributed by atoms with Gasteiger partial charge in [-0.05, 0) is 6.08 Å². The summed E-state index contributed by atoms with van der Waals surface area (Å²) in [6.07, 6.45) is 1.06. The molecular weight excluding hydrogens is 141 g/mol. The zero-order valence-electron chi connectivity index (χ0n) is 6.84. The maximum Gasteiger partial charge on any atom is 1.00 e. The second-order valence-corrected chi connectivity index (χ2v) is 1.99. The predicted molar refractivity (Wildman–Crippen MR) is 32.5 cm³/mol. The van der Waals surface area contributed by atoms with E-state index in [4.69, 9.17) is 0 Å². The van der Waals surface area contributed by atoms with Crippen LogP contribution in [0.25, 0.3) is 0 Å². The van der Waals surface area contributed by atoms with Crippen molar-refractivity contribution in [2.75, 3.05) is 14.1 Å². The second kappa shape index (κ2) is 5.77. The molecule has 0 heterocycles. The number of rotatable bonds is 1. The summed E-state index contributed by atoms with van der Waals surface area (Å²) in [5, 5.41) is 10.3. The fourth-order valence-electron chi connectivity index (χ4n) is 0.303. The standard InChI is InChI=1S/C6H11NO2.Na/c1-5(8)4-6(9)7(2)3;/h4,8H,1-3H3;/q;+1/p-1/b5-4-;. The largest absolute Gasteiger partial charge is 1.00 e. The Morgan fingerprint density at radius 1 is 1.50 bits per heavy atom. The Bertz CT molecular complexity index is 139. The third-order valence-electron chi connectivity index (χ3n) is 0.768. The molecule has 0 rings (SSSR count). The maximum atomic E-state index is 10.6. The van der Waals surface area contributed by atoms with Gasteiger partial charge in [-0.1, -0.05) is 6.92 Å². The van der Waals surface area contributed by atoms with Gasteiger partial charge in [0.15, 0.2) is 0 Å². The van der Waals surface area contributed by atoms with Crippen LogP contribution in [-0.4, -0.2) is 24.9 Å². The van der Waals surface area contributed by atoms with Crippen molar-refractivity contribution in [2.24, 2.45) is 0 Å². The molecule has 0 fully saturated rings. The summed E-state index contributed by atoms with van der Waals surface area (Å²) in [6.45, 7) is 1.35. The summed E-state index contributed by atoms with van der Waals surface area (Å²) < 4.78 is 0. The molecule has 52 valence electrons. The van der Waals surface area contributed by atoms with Gasteiger partial charge in [0.05, 0.1) is 0 Å². The van der Waals surface area contributed by atoms with Crippen molar-refractivity contribution in [3.05, 3.63) is 11.8 Å². The minimum absolute atomic E-state index is 0. The van der Waals surface area contributed by atoms with E-state index in [9.17, 15) is 9.90 Å². The van der Waals surface area contributed by atoms with E-state index in [-0.39, 0.29) is 41.2 Å². The SMILES string of the molecule is C/C([O-])=C/C(=O)N(C)C.[Na+]. The number of carbonyl (C=O) groups is 1. The van der Waals surface area contributed by atoms with Crippen LogP contribution in [0.15, 0.2) is 11.8 Å². The molecule has 0 saturated carbocycles. The van der Waals surface area contributed by atoms with Crippen LogP contribution in [0.5, 0.6) is 0 Å². The third-order valence-corrected chi connectivity index (χ3v) is 0.768. The summed E-state index contributed by atoms with van der Waals surface area (Å²) in [6, 6.07) is 0. The Hall–Kier alpha value is 0.0100. The fraction of sp³-hybridized carbons (Fsp3) is 0.500. The van der Waals surface area contributed by atoms with Crippen LogP contribution in [0.1, 0.15) is 6.92 Å². The first-order valence-corrected chi connectivity index (χ1v) is 2.60. The van der Waals surface area contributed by atoms with Gasteiger partial charge in [-0.2, -0.15) is 0 Å². The van der Waals surface area contributed by atoms with E-state index in [1.165, 1.54) is 11.8 Å². The maximum absolute atomic E-state index is 10.6. The summed E-state index contributed by atoms with van der Waals surface area (Å²) in [5.74, 6) is -0.476. The average molecular weight is 151 g/mol. The summed E-state index contributed by atoms with van der Waals surface area (Å²) in [4.78, 5) is 12.0. The van der Waals surface area contributed by atoms with Crippen LogP contribution in [0.4, 0.5) is 0 Å². The molecule has 0 N–H and O–H groups in total. The van der Waals surface area contributed by atoms with Crippen molar-refractivity contribution in [2.45, 2.75) is 6.92 Å². The van der Waals surface area contributed by atoms with Crippen molar-refractivity contribution >= 4 is 5.91 Å². The number of nitrogens with zero attached hydrogens (tertiary/aromatic N) is 1. The second-order valence-electron chi connectivity index (χ2n) is 1.99. The molecular formula is C6H10NNaO2. The van der Waals surface area contributed by atoms with Crippen LogP contribution in [-0.2, 0) is 4.79 Å². The van der Waals surface area contributed by atoms with Crippen molar-refractivity contribution in [3.63, 3.8) is 0 Å². The first-order valence-electron chi connectivity index (χ1n) is 2.60. The minimum Gasteiger partial charge on any atom is -0.875 e. The number of carbonyl (C=O) groups excluding carboxylic acids is 1. The van der Waals surface area contributed by atoms with E-state index in [2.05, 4.69) is 0 Å². The molecule has 0 aliphatic rings. The molecule has 10 heavy (non-hydrogen) atoms. The Labute approximate surface area is 83.0 Å². The normalized spacial score (nSPS) is 10.1. The van der Waals surface area contributed by atoms with E-state index in [1.54, 1.807) is 14.1 Å². The molecule has 0 unspecified atom stereocenters. The molecule has 3 nitrogen and oxygen atoms in total. The first-order chi connectivity index (χ1) is 4.04. The number of likely N-dealkylation sites (N-methyl/N-ethyl adjacent to an activating group) is 1. The van der Waals surface area contributed by atoms with E-state index in [0.29, 0.717) is 0 Å². The quantitative estimate of drug-likeness (QED) is 0.220. The zero-order valence-corrected chi connectivity index (χ0v) is 8.84. The molecule has 0 aromatic carbocycles. The van der Waals surface area contributed by atoms with E-state index < -0.39 is 0 Å². The van der Waals surface area contributed by atoms with Crippen molar-refractivity contribution in [1.29, 1.82) is 0 Å². The van der Waals surface area contributed by atoms with Gasteiger partial charge in [-0.15, -0.1) is 5.76 Å². The van der Waals surface area contributed by atoms with Gasteiger partial charge in [-0.25, -0.2) is 0 Å². The first kappa shape index (κ1) is 12.7. The van der Waals surface area contributed by atoms with Crippen LogP contribution in [0, 0.1) is 0 Å². The van der Waals surface area contributed by atoms with Gasteiger partial charge in [0.25, 0.3) is 0 Å². The van der Waals surface area contributed by atoms with E-state index >= 15 is 0 Å². The summed E-state index contributed by atoms with van der Waals surface area (Å²) in [7, 11) is 3.20. The molecule has 0 aliphatic heterocycles. The summed E-state index contributed by atoms with van der Waals surface area (Å²) >= 11 is 0. The van der Waals surface area contributed by atoms with Crippen LogP contribution < -0.4 is 34.7 Å². The van der Waals surface area contributed by atoms with Gasteiger partial charge in [0, 0.05) is 14.1 Å². The van der Waals surface area contributed by atoms with Gasteiger partial charge in [0.1, 0.15) is 0 Å². The van der Waals surface area contributed by atoms with Crippen LogP contribution in [0.2, 0.25) is 0 Å². The molecule has 0 bridgehead atoms. The molecule has 0 aliphatic carbocycles. The van der Waals surface area contributed by atoms with Gasteiger partial charge in [0.2, 0.25) is 5.91 Å². The molecule has 0 saturated heterocycles. The molecule has 0 aromatic heterocycles. The Kier molecular flexibility index (Phi) is 7.31. The van der Waals surface area contributed by atoms with Crippen molar-refractivity contribution < 1.29 is 39.5 Å². The van der Waals surface area contributed by atoms with Gasteiger partial charge < -0.3 is 10.0 Å². The fourth-order valence-corrected chi connectivity index (χ4v) is 0.303. The van der Waals surface area contributed by atoms with Gasteiger partial charge in [-0.3, -0.25) is 4.79 Å². The van der Waals surface area contributed by atoms with Gasteiger partial charge >= 0.3 is 29.6 Å². The Morgan fingerprint density at radius 2 is 1.90 bits per heavy atom. The topological polar surface area (TPSA) is 43.4 Å². The molecule has 0 atom stereocenters. The number of allylic oxidation sites excluding steroid dienone is 1. The average Bonchev–Trinajstić information content (AvgIpc) is 1.63. The van der Waals surface area contributed by atoms with E-state index in [0.717, 1.165) is 6.08 Å². The predicted octanol–water partition coefficient (Wildman–Crippen LogP) is -3.66. The zero-order chi connectivity index (χ0) is 7.44. The smallest absolute Gasteiger partial charge is 0.875 e. The molecule has 0 aromatic rings. The van der Waals surface area contributed by atoms with Crippen LogP contribution in [0.3, 0.4) is 0 Å². The monoisotopic (exact) mass is 151 g/mol. The van der Waals surface area contributed by atoms with Crippen LogP contribution >= 0.6 is 0 Å². The number of hydrogen-bond acceptors (Lipinski definition) is 2. The summed E-state index contributed by atoms with van der Waals surface area (Å²) in [5.41, 5.74) is 0. The Morgan fingerprint density at radius 3 is 2.00 bits per heavy atom. The Balaban J connectivity index is 0.